The zero-order valence-corrected chi connectivity index (χ0v) is 11.9. The van der Waals surface area contributed by atoms with Crippen LogP contribution in [0, 0.1) is 12.8 Å². The molecule has 1 aromatic rings. The molecule has 0 aromatic heterocycles. The highest BCUT2D eigenvalue weighted by molar-refractivity contribution is 6.30. The summed E-state index contributed by atoms with van der Waals surface area (Å²) in [5.74, 6) is 0.382. The van der Waals surface area contributed by atoms with E-state index in [2.05, 4.69) is 5.32 Å². The minimum absolute atomic E-state index is 0.0263. The van der Waals surface area contributed by atoms with Crippen molar-refractivity contribution in [3.63, 3.8) is 0 Å². The van der Waals surface area contributed by atoms with E-state index in [4.69, 9.17) is 16.7 Å². The molecule has 1 aliphatic rings. The second-order valence-electron chi connectivity index (χ2n) is 5.33. The Morgan fingerprint density at radius 3 is 2.63 bits per heavy atom. The van der Waals surface area contributed by atoms with Crippen molar-refractivity contribution in [2.24, 2.45) is 5.92 Å². The Balaban J connectivity index is 1.94. The van der Waals surface area contributed by atoms with Crippen LogP contribution in [0.15, 0.2) is 18.2 Å². The van der Waals surface area contributed by atoms with Gasteiger partial charge in [0.1, 0.15) is 0 Å². The second-order valence-corrected chi connectivity index (χ2v) is 5.77. The highest BCUT2D eigenvalue weighted by Gasteiger charge is 2.22. The molecule has 1 aliphatic carbocycles. The van der Waals surface area contributed by atoms with Gasteiger partial charge < -0.3 is 10.4 Å². The Morgan fingerprint density at radius 1 is 1.37 bits per heavy atom. The normalized spacial score (nSPS) is 23.1. The van der Waals surface area contributed by atoms with E-state index in [1.54, 1.807) is 18.2 Å². The maximum absolute atomic E-state index is 12.2. The highest BCUT2D eigenvalue weighted by atomic mass is 35.5. The zero-order valence-electron chi connectivity index (χ0n) is 11.2. The van der Waals surface area contributed by atoms with E-state index >= 15 is 0 Å². The molecule has 4 heteroatoms. The zero-order chi connectivity index (χ0) is 13.8. The van der Waals surface area contributed by atoms with E-state index in [9.17, 15) is 4.79 Å². The summed E-state index contributed by atoms with van der Waals surface area (Å²) in [5, 5.41) is 12.8. The van der Waals surface area contributed by atoms with E-state index in [0.29, 0.717) is 16.5 Å². The fourth-order valence-corrected chi connectivity index (χ4v) is 2.86. The summed E-state index contributed by atoms with van der Waals surface area (Å²) in [6.07, 6.45) is 3.87. The Bertz CT molecular complexity index is 453. The first-order valence-corrected chi connectivity index (χ1v) is 7.16. The molecule has 1 fully saturated rings. The van der Waals surface area contributed by atoms with Gasteiger partial charge in [-0.1, -0.05) is 11.6 Å². The van der Waals surface area contributed by atoms with Gasteiger partial charge in [0.2, 0.25) is 0 Å². The number of carbonyl (C=O) groups excluding carboxylic acids is 1. The molecule has 104 valence electrons. The highest BCUT2D eigenvalue weighted by Crippen LogP contribution is 2.24. The van der Waals surface area contributed by atoms with Crippen LogP contribution in [-0.4, -0.2) is 23.7 Å². The first kappa shape index (κ1) is 14.4. The van der Waals surface area contributed by atoms with E-state index in [-0.39, 0.29) is 18.6 Å². The smallest absolute Gasteiger partial charge is 0.251 e. The quantitative estimate of drug-likeness (QED) is 0.895. The average Bonchev–Trinajstić information content (AvgIpc) is 2.39. The maximum Gasteiger partial charge on any atom is 0.251 e. The summed E-state index contributed by atoms with van der Waals surface area (Å²) in [7, 11) is 0. The van der Waals surface area contributed by atoms with Gasteiger partial charge in [0.15, 0.2) is 0 Å². The maximum atomic E-state index is 12.2. The lowest BCUT2D eigenvalue weighted by Gasteiger charge is -2.28. The first-order chi connectivity index (χ1) is 9.10. The summed E-state index contributed by atoms with van der Waals surface area (Å²) >= 11 is 5.89. The van der Waals surface area contributed by atoms with Crippen LogP contribution in [0.5, 0.6) is 0 Å². The van der Waals surface area contributed by atoms with Crippen LogP contribution in [0.4, 0.5) is 0 Å². The van der Waals surface area contributed by atoms with Crippen LogP contribution in [0.25, 0.3) is 0 Å². The summed E-state index contributed by atoms with van der Waals surface area (Å²) in [6, 6.07) is 5.54. The van der Waals surface area contributed by atoms with Gasteiger partial charge in [0.25, 0.3) is 5.91 Å². The number of hydrogen-bond acceptors (Lipinski definition) is 2. The standard InChI is InChI=1S/C15H20ClNO2/c1-10-8-12(16)4-7-14(10)15(19)17-13-5-2-11(9-18)3-6-13/h4,7-8,11,13,18H,2-3,5-6,9H2,1H3,(H,17,19). The van der Waals surface area contributed by atoms with Gasteiger partial charge >= 0.3 is 0 Å². The molecule has 0 aliphatic heterocycles. The molecule has 1 saturated carbocycles. The van der Waals surface area contributed by atoms with Crippen molar-refractivity contribution in [1.82, 2.24) is 5.32 Å². The summed E-state index contributed by atoms with van der Waals surface area (Å²) < 4.78 is 0. The van der Waals surface area contributed by atoms with Crippen molar-refractivity contribution >= 4 is 17.5 Å². The van der Waals surface area contributed by atoms with Gasteiger partial charge in [-0.3, -0.25) is 4.79 Å². The van der Waals surface area contributed by atoms with Crippen molar-refractivity contribution in [2.75, 3.05) is 6.61 Å². The van der Waals surface area contributed by atoms with Gasteiger partial charge in [0.05, 0.1) is 0 Å². The van der Waals surface area contributed by atoms with E-state index in [0.717, 1.165) is 31.2 Å². The SMILES string of the molecule is Cc1cc(Cl)ccc1C(=O)NC1CCC(CO)CC1. The molecule has 1 aromatic carbocycles. The van der Waals surface area contributed by atoms with Crippen LogP contribution in [-0.2, 0) is 0 Å². The number of benzene rings is 1. The first-order valence-electron chi connectivity index (χ1n) is 6.78. The number of aliphatic hydroxyl groups excluding tert-OH is 1. The fraction of sp³-hybridized carbons (Fsp3) is 0.533. The molecule has 0 heterocycles. The van der Waals surface area contributed by atoms with Crippen LogP contribution in [0.3, 0.4) is 0 Å². The number of amides is 1. The molecule has 3 nitrogen and oxygen atoms in total. The molecule has 0 atom stereocenters. The Labute approximate surface area is 119 Å². The number of carbonyl (C=O) groups is 1. The minimum Gasteiger partial charge on any atom is -0.396 e. The lowest BCUT2D eigenvalue weighted by molar-refractivity contribution is 0.0913. The monoisotopic (exact) mass is 281 g/mol. The Kier molecular flexibility index (Phi) is 4.83. The molecule has 0 saturated heterocycles. The predicted octanol–water partition coefficient (Wildman–Crippen LogP) is 2.93. The molecule has 1 amide bonds. The molecular formula is C15H20ClNO2. The molecule has 2 N–H and O–H groups in total. The minimum atomic E-state index is -0.0263. The molecule has 0 spiro atoms. The van der Waals surface area contributed by atoms with E-state index < -0.39 is 0 Å². The summed E-state index contributed by atoms with van der Waals surface area (Å²) in [5.41, 5.74) is 1.59. The van der Waals surface area contributed by atoms with Crippen molar-refractivity contribution in [1.29, 1.82) is 0 Å². The third kappa shape index (κ3) is 3.71. The van der Waals surface area contributed by atoms with Crippen LogP contribution >= 0.6 is 11.6 Å². The van der Waals surface area contributed by atoms with Gasteiger partial charge in [-0.2, -0.15) is 0 Å². The lowest BCUT2D eigenvalue weighted by atomic mass is 9.86. The van der Waals surface area contributed by atoms with Crippen LogP contribution in [0.2, 0.25) is 5.02 Å². The van der Waals surface area contributed by atoms with Crippen molar-refractivity contribution in [3.05, 3.63) is 34.3 Å². The van der Waals surface area contributed by atoms with Gasteiger partial charge in [-0.25, -0.2) is 0 Å². The largest absolute Gasteiger partial charge is 0.396 e. The molecule has 0 bridgehead atoms. The van der Waals surface area contributed by atoms with Gasteiger partial charge in [0, 0.05) is 23.2 Å². The summed E-state index contributed by atoms with van der Waals surface area (Å²) in [4.78, 5) is 12.2. The molecular weight excluding hydrogens is 262 g/mol. The number of halogens is 1. The topological polar surface area (TPSA) is 49.3 Å². The number of nitrogens with one attached hydrogen (secondary N) is 1. The average molecular weight is 282 g/mol. The molecule has 19 heavy (non-hydrogen) atoms. The lowest BCUT2D eigenvalue weighted by Crippen LogP contribution is -2.38. The second kappa shape index (κ2) is 6.40. The summed E-state index contributed by atoms with van der Waals surface area (Å²) in [6.45, 7) is 2.15. The van der Waals surface area contributed by atoms with Crippen molar-refractivity contribution in [2.45, 2.75) is 38.6 Å². The Morgan fingerprint density at radius 2 is 2.05 bits per heavy atom. The van der Waals surface area contributed by atoms with Crippen LogP contribution < -0.4 is 5.32 Å². The number of hydrogen-bond donors (Lipinski definition) is 2. The Hall–Kier alpha value is -1.06. The van der Waals surface area contributed by atoms with E-state index in [1.165, 1.54) is 0 Å². The van der Waals surface area contributed by atoms with E-state index in [1.807, 2.05) is 6.92 Å². The number of aliphatic hydroxyl groups is 1. The number of aryl methyl sites for hydroxylation is 1. The fourth-order valence-electron chi connectivity index (χ4n) is 2.63. The molecule has 0 radical (unpaired) electrons. The van der Waals surface area contributed by atoms with Gasteiger partial charge in [-0.15, -0.1) is 0 Å². The third-order valence-corrected chi connectivity index (χ3v) is 4.11. The molecule has 2 rings (SSSR count). The van der Waals surface area contributed by atoms with Crippen molar-refractivity contribution < 1.29 is 9.90 Å². The number of rotatable bonds is 3. The molecule has 0 unspecified atom stereocenters. The van der Waals surface area contributed by atoms with Crippen LogP contribution in [0.1, 0.15) is 41.6 Å². The van der Waals surface area contributed by atoms with Gasteiger partial charge in [-0.05, 0) is 62.3 Å². The predicted molar refractivity (Wildman–Crippen MR) is 76.5 cm³/mol. The third-order valence-electron chi connectivity index (χ3n) is 3.87. The van der Waals surface area contributed by atoms with Crippen molar-refractivity contribution in [3.8, 4) is 0 Å².